The number of hydrogen-bond acceptors (Lipinski definition) is 2. The fourth-order valence-electron chi connectivity index (χ4n) is 3.35. The highest BCUT2D eigenvalue weighted by molar-refractivity contribution is 5.04. The van der Waals surface area contributed by atoms with E-state index in [1.54, 1.807) is 0 Å². The van der Waals surface area contributed by atoms with E-state index in [1.807, 2.05) is 0 Å². The molecule has 0 aromatic carbocycles. The van der Waals surface area contributed by atoms with Crippen molar-refractivity contribution in [3.05, 3.63) is 0 Å². The van der Waals surface area contributed by atoms with Gasteiger partial charge in [0.2, 0.25) is 0 Å². The van der Waals surface area contributed by atoms with Gasteiger partial charge in [0.15, 0.2) is 0 Å². The predicted molar refractivity (Wildman–Crippen MR) is 55.3 cm³/mol. The number of hydrogen-bond donors (Lipinski definition) is 2. The monoisotopic (exact) mass is 236 g/mol. The van der Waals surface area contributed by atoms with Crippen LogP contribution >= 0.6 is 0 Å². The van der Waals surface area contributed by atoms with Crippen LogP contribution in [0, 0.1) is 17.8 Å². The number of fused-ring (bicyclic) bond motifs is 1. The van der Waals surface area contributed by atoms with Crippen molar-refractivity contribution in [2.24, 2.45) is 23.6 Å². The molecule has 2 nitrogen and oxygen atoms in total. The summed E-state index contributed by atoms with van der Waals surface area (Å²) >= 11 is 0. The lowest BCUT2D eigenvalue weighted by molar-refractivity contribution is -0.137. The van der Waals surface area contributed by atoms with Gasteiger partial charge in [0.25, 0.3) is 0 Å². The summed E-state index contributed by atoms with van der Waals surface area (Å²) in [4.78, 5) is 0. The topological polar surface area (TPSA) is 38.0 Å². The van der Waals surface area contributed by atoms with Gasteiger partial charge in [-0.3, -0.25) is 11.3 Å². The fourth-order valence-corrected chi connectivity index (χ4v) is 3.35. The Labute approximate surface area is 93.7 Å². The third-order valence-corrected chi connectivity index (χ3v) is 4.14. The molecule has 0 saturated heterocycles. The van der Waals surface area contributed by atoms with E-state index in [0.29, 0.717) is 17.8 Å². The van der Waals surface area contributed by atoms with Gasteiger partial charge in [-0.1, -0.05) is 12.8 Å². The average molecular weight is 236 g/mol. The maximum atomic E-state index is 12.1. The van der Waals surface area contributed by atoms with Crippen LogP contribution in [0.2, 0.25) is 0 Å². The Kier molecular flexibility index (Phi) is 3.45. The van der Waals surface area contributed by atoms with Crippen molar-refractivity contribution in [2.45, 2.75) is 50.7 Å². The molecule has 3 atom stereocenters. The smallest absolute Gasteiger partial charge is 0.271 e. The molecule has 0 spiro atoms. The second-order valence-corrected chi connectivity index (χ2v) is 5.12. The van der Waals surface area contributed by atoms with Crippen molar-refractivity contribution in [1.29, 1.82) is 0 Å². The van der Waals surface area contributed by atoms with Crippen molar-refractivity contribution in [3.8, 4) is 0 Å². The summed E-state index contributed by atoms with van der Waals surface area (Å²) in [5, 5.41) is 0. The molecule has 3 unspecified atom stereocenters. The summed E-state index contributed by atoms with van der Waals surface area (Å²) in [5.41, 5.74) is 2.59. The maximum Gasteiger partial charge on any atom is 0.389 e. The van der Waals surface area contributed by atoms with Gasteiger partial charge in [-0.25, -0.2) is 0 Å². The summed E-state index contributed by atoms with van der Waals surface area (Å²) in [6.07, 6.45) is 0.159. The van der Waals surface area contributed by atoms with Crippen LogP contribution in [-0.2, 0) is 0 Å². The Hall–Kier alpha value is -0.290. The Balaban J connectivity index is 1.82. The molecular formula is C11H19F3N2. The third-order valence-electron chi connectivity index (χ3n) is 4.14. The van der Waals surface area contributed by atoms with Crippen LogP contribution in [0.5, 0.6) is 0 Å². The number of nitrogens with one attached hydrogen (secondary N) is 1. The minimum atomic E-state index is -4.06. The minimum Gasteiger partial charge on any atom is -0.271 e. The molecule has 3 N–H and O–H groups in total. The lowest BCUT2D eigenvalue weighted by Crippen LogP contribution is -2.38. The second kappa shape index (κ2) is 4.53. The molecule has 2 rings (SSSR count). The minimum absolute atomic E-state index is 0.123. The Morgan fingerprint density at radius 2 is 1.75 bits per heavy atom. The highest BCUT2D eigenvalue weighted by Gasteiger charge is 2.54. The molecule has 2 saturated carbocycles. The fraction of sp³-hybridized carbons (Fsp3) is 1.00. The first-order valence-corrected chi connectivity index (χ1v) is 6.06. The van der Waals surface area contributed by atoms with Gasteiger partial charge in [0.1, 0.15) is 0 Å². The van der Waals surface area contributed by atoms with E-state index >= 15 is 0 Å². The quantitative estimate of drug-likeness (QED) is 0.581. The van der Waals surface area contributed by atoms with Gasteiger partial charge in [-0.15, -0.1) is 0 Å². The highest BCUT2D eigenvalue weighted by atomic mass is 19.4. The van der Waals surface area contributed by atoms with E-state index in [1.165, 1.54) is 25.7 Å². The predicted octanol–water partition coefficient (Wildman–Crippen LogP) is 2.60. The third kappa shape index (κ3) is 2.69. The molecule has 16 heavy (non-hydrogen) atoms. The molecule has 0 radical (unpaired) electrons. The molecule has 0 aromatic heterocycles. The summed E-state index contributed by atoms with van der Waals surface area (Å²) in [6.45, 7) is 0. The van der Waals surface area contributed by atoms with E-state index in [-0.39, 0.29) is 12.5 Å². The Morgan fingerprint density at radius 3 is 2.19 bits per heavy atom. The van der Waals surface area contributed by atoms with E-state index in [0.717, 1.165) is 0 Å². The molecule has 0 amide bonds. The summed E-state index contributed by atoms with van der Waals surface area (Å²) in [7, 11) is 0. The maximum absolute atomic E-state index is 12.1. The van der Waals surface area contributed by atoms with Crippen LogP contribution in [-0.4, -0.2) is 12.2 Å². The zero-order valence-corrected chi connectivity index (χ0v) is 9.26. The van der Waals surface area contributed by atoms with Crippen LogP contribution in [0.25, 0.3) is 0 Å². The van der Waals surface area contributed by atoms with Gasteiger partial charge in [-0.2, -0.15) is 13.2 Å². The van der Waals surface area contributed by atoms with Crippen LogP contribution in [0.4, 0.5) is 13.2 Å². The number of halogens is 3. The first-order chi connectivity index (χ1) is 7.53. The Bertz CT molecular complexity index is 230. The van der Waals surface area contributed by atoms with Crippen molar-refractivity contribution < 1.29 is 13.2 Å². The first-order valence-electron chi connectivity index (χ1n) is 6.06. The summed E-state index contributed by atoms with van der Waals surface area (Å²) in [6, 6.07) is -0.144. The van der Waals surface area contributed by atoms with E-state index in [2.05, 4.69) is 5.43 Å². The lowest BCUT2D eigenvalue weighted by Gasteiger charge is -2.17. The molecule has 2 aliphatic carbocycles. The van der Waals surface area contributed by atoms with Crippen LogP contribution in [0.15, 0.2) is 0 Å². The average Bonchev–Trinajstić information content (AvgIpc) is 2.92. The summed E-state index contributed by atoms with van der Waals surface area (Å²) in [5.74, 6) is 7.06. The van der Waals surface area contributed by atoms with Crippen molar-refractivity contribution >= 4 is 0 Å². The zero-order chi connectivity index (χ0) is 11.8. The zero-order valence-electron chi connectivity index (χ0n) is 9.26. The van der Waals surface area contributed by atoms with E-state index in [9.17, 15) is 13.2 Å². The molecule has 0 heterocycles. The Morgan fingerprint density at radius 1 is 1.19 bits per heavy atom. The van der Waals surface area contributed by atoms with Crippen molar-refractivity contribution in [1.82, 2.24) is 5.43 Å². The molecule has 0 bridgehead atoms. The molecular weight excluding hydrogens is 217 g/mol. The molecule has 0 aliphatic heterocycles. The standard InChI is InChI=1S/C11H19F3N2/c12-11(13,14)6-5-9(16-15)10-7-3-1-2-4-8(7)10/h7-10,16H,1-6,15H2. The van der Waals surface area contributed by atoms with Gasteiger partial charge in [0.05, 0.1) is 0 Å². The van der Waals surface area contributed by atoms with E-state index in [4.69, 9.17) is 5.84 Å². The number of nitrogens with two attached hydrogens (primary N) is 1. The molecule has 0 aromatic rings. The number of rotatable bonds is 4. The van der Waals surface area contributed by atoms with Gasteiger partial charge in [0, 0.05) is 12.5 Å². The normalized spacial score (nSPS) is 35.6. The number of hydrazine groups is 1. The molecule has 5 heteroatoms. The first kappa shape index (κ1) is 12.2. The highest BCUT2D eigenvalue weighted by Crippen LogP contribution is 2.57. The van der Waals surface area contributed by atoms with Crippen molar-refractivity contribution in [3.63, 3.8) is 0 Å². The molecule has 2 aliphatic rings. The molecule has 94 valence electrons. The van der Waals surface area contributed by atoms with Crippen LogP contribution in [0.3, 0.4) is 0 Å². The lowest BCUT2D eigenvalue weighted by atomic mass is 10.0. The number of alkyl halides is 3. The largest absolute Gasteiger partial charge is 0.389 e. The molecule has 2 fully saturated rings. The SMILES string of the molecule is NNC(CCC(F)(F)F)C1C2CCCCC21. The second-order valence-electron chi connectivity index (χ2n) is 5.12. The van der Waals surface area contributed by atoms with Crippen LogP contribution < -0.4 is 11.3 Å². The van der Waals surface area contributed by atoms with Gasteiger partial charge >= 0.3 is 6.18 Å². The summed E-state index contributed by atoms with van der Waals surface area (Å²) < 4.78 is 36.4. The van der Waals surface area contributed by atoms with E-state index < -0.39 is 12.6 Å². The van der Waals surface area contributed by atoms with Crippen molar-refractivity contribution in [2.75, 3.05) is 0 Å². The van der Waals surface area contributed by atoms with Gasteiger partial charge < -0.3 is 0 Å². The van der Waals surface area contributed by atoms with Gasteiger partial charge in [-0.05, 0) is 37.0 Å². The van der Waals surface area contributed by atoms with Crippen LogP contribution in [0.1, 0.15) is 38.5 Å².